The SMILES string of the molecule is CCC(C)c1nc(F)c(F)c(Br)c1F. The second-order valence-corrected chi connectivity index (χ2v) is 3.83. The van der Waals surface area contributed by atoms with Gasteiger partial charge in [0.25, 0.3) is 5.95 Å². The lowest BCUT2D eigenvalue weighted by atomic mass is 10.0. The number of nitrogens with zero attached hydrogens (tertiary/aromatic N) is 1. The van der Waals surface area contributed by atoms with Crippen molar-refractivity contribution in [3.05, 3.63) is 27.7 Å². The molecule has 0 fully saturated rings. The summed E-state index contributed by atoms with van der Waals surface area (Å²) in [6, 6.07) is 0. The molecule has 0 radical (unpaired) electrons. The molecule has 1 aromatic heterocycles. The molecule has 14 heavy (non-hydrogen) atoms. The summed E-state index contributed by atoms with van der Waals surface area (Å²) in [7, 11) is 0. The van der Waals surface area contributed by atoms with Crippen molar-refractivity contribution >= 4 is 15.9 Å². The van der Waals surface area contributed by atoms with Crippen LogP contribution in [0.1, 0.15) is 31.9 Å². The molecule has 78 valence electrons. The number of aromatic nitrogens is 1. The lowest BCUT2D eigenvalue weighted by Gasteiger charge is -2.10. The second-order valence-electron chi connectivity index (χ2n) is 3.04. The summed E-state index contributed by atoms with van der Waals surface area (Å²) in [6.45, 7) is 3.52. The lowest BCUT2D eigenvalue weighted by Crippen LogP contribution is -2.06. The molecule has 1 nitrogen and oxygen atoms in total. The highest BCUT2D eigenvalue weighted by Crippen LogP contribution is 2.28. The molecule has 0 aromatic carbocycles. The van der Waals surface area contributed by atoms with Gasteiger partial charge in [-0.3, -0.25) is 0 Å². The van der Waals surface area contributed by atoms with E-state index < -0.39 is 22.1 Å². The molecule has 1 aromatic rings. The van der Waals surface area contributed by atoms with Crippen LogP contribution >= 0.6 is 15.9 Å². The van der Waals surface area contributed by atoms with Crippen molar-refractivity contribution in [2.24, 2.45) is 0 Å². The van der Waals surface area contributed by atoms with E-state index in [0.29, 0.717) is 6.42 Å². The third kappa shape index (κ3) is 1.92. The van der Waals surface area contributed by atoms with Gasteiger partial charge in [-0.05, 0) is 22.4 Å². The van der Waals surface area contributed by atoms with E-state index in [-0.39, 0.29) is 11.6 Å². The average molecular weight is 268 g/mol. The van der Waals surface area contributed by atoms with Crippen LogP contribution in [0.2, 0.25) is 0 Å². The van der Waals surface area contributed by atoms with E-state index in [2.05, 4.69) is 20.9 Å². The topological polar surface area (TPSA) is 12.9 Å². The molecule has 0 spiro atoms. The van der Waals surface area contributed by atoms with Crippen LogP contribution in [-0.2, 0) is 0 Å². The first-order valence-electron chi connectivity index (χ1n) is 4.18. The van der Waals surface area contributed by atoms with Crippen molar-refractivity contribution in [1.82, 2.24) is 4.98 Å². The summed E-state index contributed by atoms with van der Waals surface area (Å²) in [5, 5.41) is 0. The molecule has 0 amide bonds. The van der Waals surface area contributed by atoms with E-state index in [9.17, 15) is 13.2 Å². The first-order chi connectivity index (χ1) is 6.49. The molecule has 0 saturated carbocycles. The van der Waals surface area contributed by atoms with E-state index >= 15 is 0 Å². The third-order valence-corrected chi connectivity index (χ3v) is 2.79. The van der Waals surface area contributed by atoms with E-state index in [1.54, 1.807) is 6.92 Å². The van der Waals surface area contributed by atoms with Gasteiger partial charge in [0.1, 0.15) is 0 Å². The Kier molecular flexibility index (Phi) is 3.53. The van der Waals surface area contributed by atoms with E-state index in [4.69, 9.17) is 0 Å². The Morgan fingerprint density at radius 1 is 1.29 bits per heavy atom. The highest BCUT2D eigenvalue weighted by atomic mass is 79.9. The maximum atomic E-state index is 13.4. The first kappa shape index (κ1) is 11.5. The zero-order valence-electron chi connectivity index (χ0n) is 7.74. The summed E-state index contributed by atoms with van der Waals surface area (Å²) in [5.74, 6) is -3.61. The van der Waals surface area contributed by atoms with Crippen LogP contribution < -0.4 is 0 Å². The van der Waals surface area contributed by atoms with Crippen LogP contribution in [-0.4, -0.2) is 4.98 Å². The monoisotopic (exact) mass is 267 g/mol. The molecule has 0 saturated heterocycles. The van der Waals surface area contributed by atoms with Gasteiger partial charge >= 0.3 is 0 Å². The lowest BCUT2D eigenvalue weighted by molar-refractivity contribution is 0.441. The molecule has 0 bridgehead atoms. The summed E-state index contributed by atoms with van der Waals surface area (Å²) in [6.07, 6.45) is 0.613. The highest BCUT2D eigenvalue weighted by Gasteiger charge is 2.21. The van der Waals surface area contributed by atoms with Crippen LogP contribution in [0.25, 0.3) is 0 Å². The smallest absolute Gasteiger partial charge is 0.219 e. The van der Waals surface area contributed by atoms with Crippen LogP contribution in [0.15, 0.2) is 4.47 Å². The van der Waals surface area contributed by atoms with Gasteiger partial charge in [0.15, 0.2) is 11.6 Å². The van der Waals surface area contributed by atoms with Gasteiger partial charge in [-0.15, -0.1) is 0 Å². The normalized spacial score (nSPS) is 13.0. The van der Waals surface area contributed by atoms with E-state index in [0.717, 1.165) is 0 Å². The Labute approximate surface area is 88.5 Å². The molecule has 0 N–H and O–H groups in total. The Morgan fingerprint density at radius 3 is 2.36 bits per heavy atom. The Bertz CT molecular complexity index is 354. The molecule has 1 rings (SSSR count). The van der Waals surface area contributed by atoms with Crippen molar-refractivity contribution in [2.75, 3.05) is 0 Å². The van der Waals surface area contributed by atoms with Crippen LogP contribution in [0.4, 0.5) is 13.2 Å². The maximum Gasteiger partial charge on any atom is 0.250 e. The van der Waals surface area contributed by atoms with E-state index in [1.807, 2.05) is 6.92 Å². The Morgan fingerprint density at radius 2 is 1.86 bits per heavy atom. The molecule has 1 atom stereocenters. The van der Waals surface area contributed by atoms with Crippen molar-refractivity contribution in [3.63, 3.8) is 0 Å². The van der Waals surface area contributed by atoms with Crippen molar-refractivity contribution in [3.8, 4) is 0 Å². The van der Waals surface area contributed by atoms with Gasteiger partial charge in [0.2, 0.25) is 0 Å². The average Bonchev–Trinajstić information content (AvgIpc) is 2.19. The summed E-state index contributed by atoms with van der Waals surface area (Å²) in [5.41, 5.74) is -0.0433. The fourth-order valence-corrected chi connectivity index (χ4v) is 1.39. The number of hydrogen-bond acceptors (Lipinski definition) is 1. The Balaban J connectivity index is 3.33. The maximum absolute atomic E-state index is 13.4. The molecule has 0 aliphatic heterocycles. The highest BCUT2D eigenvalue weighted by molar-refractivity contribution is 9.10. The molecule has 5 heteroatoms. The molecule has 1 heterocycles. The summed E-state index contributed by atoms with van der Waals surface area (Å²) >= 11 is 2.65. The predicted octanol–water partition coefficient (Wildman–Crippen LogP) is 3.77. The van der Waals surface area contributed by atoms with Crippen molar-refractivity contribution < 1.29 is 13.2 Å². The van der Waals surface area contributed by atoms with Gasteiger partial charge in [0.05, 0.1) is 10.2 Å². The van der Waals surface area contributed by atoms with Crippen molar-refractivity contribution in [1.29, 1.82) is 0 Å². The molecular formula is C9H9BrF3N. The summed E-state index contributed by atoms with van der Waals surface area (Å²) in [4.78, 5) is 3.26. The Hall–Kier alpha value is -0.580. The standard InChI is InChI=1S/C9H9BrF3N/c1-3-4(2)8-6(11)5(10)7(12)9(13)14-8/h4H,3H2,1-2H3. The van der Waals surface area contributed by atoms with Gasteiger partial charge in [-0.25, -0.2) is 13.8 Å². The molecule has 1 unspecified atom stereocenters. The number of pyridine rings is 1. The second kappa shape index (κ2) is 4.29. The van der Waals surface area contributed by atoms with Gasteiger partial charge in [0, 0.05) is 5.92 Å². The number of halogens is 4. The van der Waals surface area contributed by atoms with Crippen LogP contribution in [0.3, 0.4) is 0 Å². The molecular weight excluding hydrogens is 259 g/mol. The largest absolute Gasteiger partial charge is 0.250 e. The van der Waals surface area contributed by atoms with Crippen molar-refractivity contribution in [2.45, 2.75) is 26.2 Å². The molecule has 0 aliphatic carbocycles. The van der Waals surface area contributed by atoms with Crippen LogP contribution in [0, 0.1) is 17.6 Å². The minimum atomic E-state index is -1.28. The predicted molar refractivity (Wildman–Crippen MR) is 50.5 cm³/mol. The van der Waals surface area contributed by atoms with Gasteiger partial charge in [-0.1, -0.05) is 13.8 Å². The third-order valence-electron chi connectivity index (χ3n) is 2.09. The van der Waals surface area contributed by atoms with Gasteiger partial charge < -0.3 is 0 Å². The van der Waals surface area contributed by atoms with Gasteiger partial charge in [-0.2, -0.15) is 4.39 Å². The minimum Gasteiger partial charge on any atom is -0.219 e. The van der Waals surface area contributed by atoms with Crippen LogP contribution in [0.5, 0.6) is 0 Å². The quantitative estimate of drug-likeness (QED) is 0.744. The fourth-order valence-electron chi connectivity index (χ4n) is 1.02. The zero-order chi connectivity index (χ0) is 10.9. The zero-order valence-corrected chi connectivity index (χ0v) is 9.33. The fraction of sp³-hybridized carbons (Fsp3) is 0.444. The number of rotatable bonds is 2. The first-order valence-corrected chi connectivity index (χ1v) is 4.98. The minimum absolute atomic E-state index is 0.0433. The number of hydrogen-bond donors (Lipinski definition) is 0. The summed E-state index contributed by atoms with van der Waals surface area (Å²) < 4.78 is 38.5. The molecule has 0 aliphatic rings. The van der Waals surface area contributed by atoms with E-state index in [1.165, 1.54) is 0 Å².